The maximum absolute atomic E-state index is 13.3. The molecule has 1 heterocycles. The van der Waals surface area contributed by atoms with E-state index < -0.39 is 11.9 Å². The summed E-state index contributed by atoms with van der Waals surface area (Å²) in [4.78, 5) is 43.6. The summed E-state index contributed by atoms with van der Waals surface area (Å²) < 4.78 is 0. The van der Waals surface area contributed by atoms with E-state index in [0.717, 1.165) is 22.9 Å². The molecule has 184 valence electrons. The number of thioether (sulfide) groups is 1. The molecular weight excluding hydrogens is 460 g/mol. The molecule has 7 nitrogen and oxygen atoms in total. The van der Waals surface area contributed by atoms with Crippen molar-refractivity contribution in [2.24, 2.45) is 10.9 Å². The maximum Gasteiger partial charge on any atom is 0.321 e. The van der Waals surface area contributed by atoms with Crippen molar-refractivity contribution < 1.29 is 14.4 Å². The minimum atomic E-state index is -0.533. The van der Waals surface area contributed by atoms with Gasteiger partial charge in [0, 0.05) is 6.54 Å². The van der Waals surface area contributed by atoms with Crippen LogP contribution in [0.25, 0.3) is 6.08 Å². The third-order valence-electron chi connectivity index (χ3n) is 5.28. The molecule has 0 aliphatic carbocycles. The number of nitrogens with one attached hydrogen (secondary N) is 2. The summed E-state index contributed by atoms with van der Waals surface area (Å²) >= 11 is 1.11. The number of carbonyl (C=O) groups excluding carboxylic acids is 3. The van der Waals surface area contributed by atoms with Crippen LogP contribution in [-0.2, 0) is 9.59 Å². The van der Waals surface area contributed by atoms with E-state index in [-0.39, 0.29) is 17.6 Å². The Kier molecular flexibility index (Phi) is 8.87. The van der Waals surface area contributed by atoms with Crippen LogP contribution in [0.3, 0.4) is 0 Å². The van der Waals surface area contributed by atoms with Crippen molar-refractivity contribution in [1.82, 2.24) is 10.6 Å². The minimum absolute atomic E-state index is 0.0556. The van der Waals surface area contributed by atoms with Gasteiger partial charge >= 0.3 is 6.03 Å². The number of hydrogen-bond acceptors (Lipinski definition) is 5. The first-order chi connectivity index (χ1) is 16.6. The largest absolute Gasteiger partial charge is 0.338 e. The Labute approximate surface area is 211 Å². The summed E-state index contributed by atoms with van der Waals surface area (Å²) in [6.45, 7) is 10.6. The Bertz CT molecular complexity index is 1140. The number of hydrogen-bond donors (Lipinski definition) is 2. The molecule has 8 heteroatoms. The van der Waals surface area contributed by atoms with E-state index in [1.807, 2.05) is 69.3 Å². The zero-order valence-electron chi connectivity index (χ0n) is 20.8. The lowest BCUT2D eigenvalue weighted by atomic mass is 10.0. The Morgan fingerprint density at radius 1 is 1.03 bits per heavy atom. The van der Waals surface area contributed by atoms with E-state index in [1.54, 1.807) is 6.08 Å². The fourth-order valence-electron chi connectivity index (χ4n) is 3.28. The number of rotatable bonds is 7. The predicted molar refractivity (Wildman–Crippen MR) is 143 cm³/mol. The van der Waals surface area contributed by atoms with Crippen LogP contribution in [0.5, 0.6) is 0 Å². The number of amides is 4. The summed E-state index contributed by atoms with van der Waals surface area (Å²) in [6, 6.07) is 15.0. The molecule has 0 radical (unpaired) electrons. The average Bonchev–Trinajstić information content (AvgIpc) is 3.12. The molecule has 0 atom stereocenters. The Hall–Kier alpha value is -3.39. The third kappa shape index (κ3) is 7.29. The number of benzene rings is 2. The van der Waals surface area contributed by atoms with Gasteiger partial charge in [-0.1, -0.05) is 81.4 Å². The van der Waals surface area contributed by atoms with Crippen LogP contribution in [0.2, 0.25) is 0 Å². The summed E-state index contributed by atoms with van der Waals surface area (Å²) in [7, 11) is 0. The fraction of sp³-hybridized carbons (Fsp3) is 0.333. The molecule has 0 aromatic heterocycles. The van der Waals surface area contributed by atoms with Crippen molar-refractivity contribution in [1.29, 1.82) is 0 Å². The van der Waals surface area contributed by atoms with Crippen LogP contribution in [0, 0.1) is 12.8 Å². The van der Waals surface area contributed by atoms with Gasteiger partial charge in [-0.25, -0.2) is 9.79 Å². The van der Waals surface area contributed by atoms with Crippen LogP contribution >= 0.6 is 11.8 Å². The summed E-state index contributed by atoms with van der Waals surface area (Å²) in [6.07, 6.45) is 1.75. The van der Waals surface area contributed by atoms with E-state index in [2.05, 4.69) is 29.5 Å². The molecule has 2 aromatic carbocycles. The molecule has 35 heavy (non-hydrogen) atoms. The quantitative estimate of drug-likeness (QED) is 0.528. The van der Waals surface area contributed by atoms with Crippen molar-refractivity contribution >= 4 is 46.5 Å². The van der Waals surface area contributed by atoms with E-state index >= 15 is 0 Å². The van der Waals surface area contributed by atoms with Gasteiger partial charge in [0.15, 0.2) is 5.17 Å². The highest BCUT2D eigenvalue weighted by molar-refractivity contribution is 8.14. The van der Waals surface area contributed by atoms with Crippen LogP contribution in [0.4, 0.5) is 10.5 Å². The standard InChI is InChI=1S/C27H32N4O3S/c1-17(2)15-28-26(34)30-24(32)16-35-27-29-23(14-20-8-10-21(11-9-20)18(3)4)25(33)31(27)22-12-6-19(5)7-13-22/h6-14,17-18H,15-16H2,1-5H3,(H2,28,30,32,34). The number of aliphatic imine (C=N–C) groups is 1. The Morgan fingerprint density at radius 3 is 2.29 bits per heavy atom. The molecule has 0 saturated heterocycles. The monoisotopic (exact) mass is 492 g/mol. The van der Waals surface area contributed by atoms with Gasteiger partial charge in [0.2, 0.25) is 5.91 Å². The van der Waals surface area contributed by atoms with Gasteiger partial charge in [0.25, 0.3) is 5.91 Å². The average molecular weight is 493 g/mol. The first-order valence-corrected chi connectivity index (χ1v) is 12.6. The normalized spacial score (nSPS) is 14.6. The maximum atomic E-state index is 13.3. The number of aryl methyl sites for hydroxylation is 1. The predicted octanol–water partition coefficient (Wildman–Crippen LogP) is 5.08. The molecule has 1 aliphatic rings. The Morgan fingerprint density at radius 2 is 1.69 bits per heavy atom. The van der Waals surface area contributed by atoms with E-state index in [9.17, 15) is 14.4 Å². The zero-order chi connectivity index (χ0) is 25.5. The first kappa shape index (κ1) is 26.2. The van der Waals surface area contributed by atoms with Gasteiger partial charge in [-0.05, 0) is 48.1 Å². The van der Waals surface area contributed by atoms with Crippen molar-refractivity contribution in [3.05, 3.63) is 70.9 Å². The van der Waals surface area contributed by atoms with E-state index in [0.29, 0.717) is 29.0 Å². The number of amidine groups is 1. The molecule has 3 rings (SSSR count). The van der Waals surface area contributed by atoms with Crippen LogP contribution in [0.1, 0.15) is 50.3 Å². The summed E-state index contributed by atoms with van der Waals surface area (Å²) in [5, 5.41) is 5.35. The van der Waals surface area contributed by atoms with Crippen molar-refractivity contribution in [3.63, 3.8) is 0 Å². The molecule has 0 unspecified atom stereocenters. The molecule has 4 amide bonds. The van der Waals surface area contributed by atoms with Crippen LogP contribution in [0.15, 0.2) is 59.2 Å². The second-order valence-corrected chi connectivity index (χ2v) is 10.1. The zero-order valence-corrected chi connectivity index (χ0v) is 21.6. The molecular formula is C27H32N4O3S. The topological polar surface area (TPSA) is 90.9 Å². The minimum Gasteiger partial charge on any atom is -0.338 e. The van der Waals surface area contributed by atoms with Gasteiger partial charge < -0.3 is 5.32 Å². The molecule has 0 saturated carbocycles. The third-order valence-corrected chi connectivity index (χ3v) is 6.22. The highest BCUT2D eigenvalue weighted by Gasteiger charge is 2.32. The number of carbonyl (C=O) groups is 3. The van der Waals surface area contributed by atoms with Crippen LogP contribution < -0.4 is 15.5 Å². The number of anilines is 1. The Balaban J connectivity index is 1.79. The lowest BCUT2D eigenvalue weighted by molar-refractivity contribution is -0.117. The van der Waals surface area contributed by atoms with E-state index in [4.69, 9.17) is 0 Å². The van der Waals surface area contributed by atoms with Gasteiger partial charge in [0.1, 0.15) is 5.70 Å². The fourth-order valence-corrected chi connectivity index (χ4v) is 4.10. The molecule has 0 bridgehead atoms. The highest BCUT2D eigenvalue weighted by Crippen LogP contribution is 2.30. The molecule has 1 aliphatic heterocycles. The molecule has 2 N–H and O–H groups in total. The first-order valence-electron chi connectivity index (χ1n) is 11.7. The van der Waals surface area contributed by atoms with Crippen molar-refractivity contribution in [2.45, 2.75) is 40.5 Å². The van der Waals surface area contributed by atoms with Crippen molar-refractivity contribution in [3.8, 4) is 0 Å². The van der Waals surface area contributed by atoms with Gasteiger partial charge in [-0.3, -0.25) is 19.8 Å². The summed E-state index contributed by atoms with van der Waals surface area (Å²) in [5.74, 6) is -0.0864. The van der Waals surface area contributed by atoms with Gasteiger partial charge in [-0.15, -0.1) is 0 Å². The highest BCUT2D eigenvalue weighted by atomic mass is 32.2. The SMILES string of the molecule is Cc1ccc(N2C(=O)C(=Cc3ccc(C(C)C)cc3)N=C2SCC(=O)NC(=O)NCC(C)C)cc1. The van der Waals surface area contributed by atoms with Gasteiger partial charge in [-0.2, -0.15) is 0 Å². The smallest absolute Gasteiger partial charge is 0.321 e. The second-order valence-electron chi connectivity index (χ2n) is 9.16. The lowest BCUT2D eigenvalue weighted by Gasteiger charge is -2.18. The molecule has 2 aromatic rings. The number of urea groups is 1. The molecule has 0 fully saturated rings. The van der Waals surface area contributed by atoms with E-state index in [1.165, 1.54) is 10.5 Å². The molecule has 0 spiro atoms. The van der Waals surface area contributed by atoms with Gasteiger partial charge in [0.05, 0.1) is 11.4 Å². The lowest BCUT2D eigenvalue weighted by Crippen LogP contribution is -2.42. The van der Waals surface area contributed by atoms with Crippen molar-refractivity contribution in [2.75, 3.05) is 17.2 Å². The number of nitrogens with zero attached hydrogens (tertiary/aromatic N) is 2. The van der Waals surface area contributed by atoms with Crippen LogP contribution in [-0.4, -0.2) is 35.3 Å². The number of imide groups is 1. The second kappa shape index (κ2) is 11.8. The summed E-state index contributed by atoms with van der Waals surface area (Å²) in [5.41, 5.74) is 4.12.